The number of carbonyl (C=O) groups is 1. The molecule has 0 aromatic heterocycles. The molecule has 0 fully saturated rings. The van der Waals surface area contributed by atoms with Crippen LogP contribution in [0.5, 0.6) is 0 Å². The second-order valence-corrected chi connectivity index (χ2v) is 3.58. The van der Waals surface area contributed by atoms with Gasteiger partial charge in [-0.15, -0.1) is 0 Å². The summed E-state index contributed by atoms with van der Waals surface area (Å²) in [5.41, 5.74) is 1.34. The zero-order valence-electron chi connectivity index (χ0n) is 9.08. The first-order chi connectivity index (χ1) is 7.41. The number of hydrogen-bond donors (Lipinski definition) is 1. The summed E-state index contributed by atoms with van der Waals surface area (Å²) in [4.78, 5) is 12.1. The summed E-state index contributed by atoms with van der Waals surface area (Å²) in [6, 6.07) is 4.54. The molecule has 0 aliphatic carbocycles. The van der Waals surface area contributed by atoms with Crippen LogP contribution in [0.4, 0.5) is 14.5 Å². The Hall–Kier alpha value is -1.65. The average Bonchev–Trinajstić information content (AvgIpc) is 2.15. The Balaban J connectivity index is 2.92. The summed E-state index contributed by atoms with van der Waals surface area (Å²) in [6.45, 7) is 1.27. The molecule has 3 nitrogen and oxygen atoms in total. The van der Waals surface area contributed by atoms with Gasteiger partial charge in [-0.25, -0.2) is 13.6 Å². The number of anilines is 1. The highest BCUT2D eigenvalue weighted by atomic mass is 19.3. The lowest BCUT2D eigenvalue weighted by Crippen LogP contribution is -2.24. The van der Waals surface area contributed by atoms with Gasteiger partial charge in [-0.1, -0.05) is 0 Å². The van der Waals surface area contributed by atoms with Gasteiger partial charge in [0.2, 0.25) is 0 Å². The lowest BCUT2D eigenvalue weighted by Gasteiger charge is -2.19. The summed E-state index contributed by atoms with van der Waals surface area (Å²) in [6.07, 6.45) is -2.41. The molecule has 5 heteroatoms. The summed E-state index contributed by atoms with van der Waals surface area (Å²) in [5, 5.41) is 8.81. The fraction of sp³-hybridized carbons (Fsp3) is 0.364. The molecule has 0 heterocycles. The van der Waals surface area contributed by atoms with Crippen molar-refractivity contribution in [3.63, 3.8) is 0 Å². The molecule has 16 heavy (non-hydrogen) atoms. The van der Waals surface area contributed by atoms with Crippen LogP contribution in [0.3, 0.4) is 0 Å². The number of halogens is 2. The van der Waals surface area contributed by atoms with Crippen molar-refractivity contribution in [1.29, 1.82) is 0 Å². The molecule has 1 rings (SSSR count). The van der Waals surface area contributed by atoms with Crippen LogP contribution in [0, 0.1) is 6.92 Å². The van der Waals surface area contributed by atoms with E-state index in [-0.39, 0.29) is 12.1 Å². The molecule has 0 saturated heterocycles. The largest absolute Gasteiger partial charge is 0.478 e. The molecule has 0 saturated carbocycles. The van der Waals surface area contributed by atoms with Gasteiger partial charge in [0.15, 0.2) is 0 Å². The maximum absolute atomic E-state index is 12.1. The highest BCUT2D eigenvalue weighted by Crippen LogP contribution is 2.19. The Bertz CT molecular complexity index is 394. The lowest BCUT2D eigenvalue weighted by molar-refractivity contribution is 0.0696. The Labute approximate surface area is 92.3 Å². The van der Waals surface area contributed by atoms with Crippen LogP contribution in [0.2, 0.25) is 0 Å². The lowest BCUT2D eigenvalue weighted by atomic mass is 10.1. The number of aromatic carboxylic acids is 1. The Morgan fingerprint density at radius 1 is 1.50 bits per heavy atom. The number of benzene rings is 1. The predicted molar refractivity (Wildman–Crippen MR) is 57.4 cm³/mol. The van der Waals surface area contributed by atoms with Gasteiger partial charge in [0.05, 0.1) is 12.1 Å². The Morgan fingerprint density at radius 2 is 2.12 bits per heavy atom. The molecule has 1 aromatic rings. The SMILES string of the molecule is Cc1cc(N(C)CC(F)F)ccc1C(=O)O. The first kappa shape index (κ1) is 12.4. The average molecular weight is 229 g/mol. The molecule has 0 spiro atoms. The van der Waals surface area contributed by atoms with Gasteiger partial charge in [-0.2, -0.15) is 0 Å². The quantitative estimate of drug-likeness (QED) is 0.861. The van der Waals surface area contributed by atoms with E-state index in [9.17, 15) is 13.6 Å². The molecular weight excluding hydrogens is 216 g/mol. The normalized spacial score (nSPS) is 10.6. The number of rotatable bonds is 4. The van der Waals surface area contributed by atoms with E-state index in [0.717, 1.165) is 0 Å². The molecule has 0 bridgehead atoms. The zero-order chi connectivity index (χ0) is 12.3. The maximum Gasteiger partial charge on any atom is 0.335 e. The van der Waals surface area contributed by atoms with Crippen molar-refractivity contribution < 1.29 is 18.7 Å². The standard InChI is InChI=1S/C11H13F2NO2/c1-7-5-8(14(2)6-10(12)13)3-4-9(7)11(15)16/h3-5,10H,6H2,1-2H3,(H,15,16). The number of hydrogen-bond acceptors (Lipinski definition) is 2. The van der Waals surface area contributed by atoms with Gasteiger partial charge in [-0.3, -0.25) is 0 Å². The van der Waals surface area contributed by atoms with E-state index in [4.69, 9.17) is 5.11 Å². The van der Waals surface area contributed by atoms with E-state index in [1.807, 2.05) is 0 Å². The zero-order valence-corrected chi connectivity index (χ0v) is 9.08. The van der Waals surface area contributed by atoms with Crippen molar-refractivity contribution in [3.05, 3.63) is 29.3 Å². The van der Waals surface area contributed by atoms with Crippen molar-refractivity contribution in [3.8, 4) is 0 Å². The second kappa shape index (κ2) is 4.92. The van der Waals surface area contributed by atoms with Crippen LogP contribution >= 0.6 is 0 Å². The van der Waals surface area contributed by atoms with Crippen molar-refractivity contribution in [1.82, 2.24) is 0 Å². The second-order valence-electron chi connectivity index (χ2n) is 3.58. The van der Waals surface area contributed by atoms with Gasteiger partial charge in [0, 0.05) is 12.7 Å². The predicted octanol–water partition coefficient (Wildman–Crippen LogP) is 2.39. The highest BCUT2D eigenvalue weighted by molar-refractivity contribution is 5.89. The van der Waals surface area contributed by atoms with E-state index in [1.165, 1.54) is 17.0 Å². The topological polar surface area (TPSA) is 40.5 Å². The minimum Gasteiger partial charge on any atom is -0.478 e. The highest BCUT2D eigenvalue weighted by Gasteiger charge is 2.11. The van der Waals surface area contributed by atoms with Crippen molar-refractivity contribution >= 4 is 11.7 Å². The van der Waals surface area contributed by atoms with Gasteiger partial charge in [0.25, 0.3) is 6.43 Å². The van der Waals surface area contributed by atoms with Crippen LogP contribution in [0.1, 0.15) is 15.9 Å². The van der Waals surface area contributed by atoms with E-state index in [0.29, 0.717) is 11.3 Å². The van der Waals surface area contributed by atoms with Gasteiger partial charge in [-0.05, 0) is 30.7 Å². The van der Waals surface area contributed by atoms with Crippen LogP contribution in [0.25, 0.3) is 0 Å². The molecule has 1 N–H and O–H groups in total. The number of carboxylic acids is 1. The van der Waals surface area contributed by atoms with E-state index < -0.39 is 12.4 Å². The molecule has 0 unspecified atom stereocenters. The first-order valence-corrected chi connectivity index (χ1v) is 4.75. The minimum absolute atomic E-state index is 0.189. The number of alkyl halides is 2. The fourth-order valence-corrected chi connectivity index (χ4v) is 1.44. The fourth-order valence-electron chi connectivity index (χ4n) is 1.44. The van der Waals surface area contributed by atoms with Crippen LogP contribution < -0.4 is 4.90 Å². The summed E-state index contributed by atoms with van der Waals surface area (Å²) in [5.74, 6) is -1.01. The third kappa shape index (κ3) is 2.92. The number of nitrogens with zero attached hydrogens (tertiary/aromatic N) is 1. The summed E-state index contributed by atoms with van der Waals surface area (Å²) < 4.78 is 24.3. The van der Waals surface area contributed by atoms with Crippen LogP contribution in [0.15, 0.2) is 18.2 Å². The van der Waals surface area contributed by atoms with E-state index in [2.05, 4.69) is 0 Å². The third-order valence-corrected chi connectivity index (χ3v) is 2.29. The van der Waals surface area contributed by atoms with Gasteiger partial charge in [0.1, 0.15) is 0 Å². The maximum atomic E-state index is 12.1. The molecule has 1 aromatic carbocycles. The smallest absolute Gasteiger partial charge is 0.335 e. The van der Waals surface area contributed by atoms with Crippen molar-refractivity contribution in [2.45, 2.75) is 13.3 Å². The molecular formula is C11H13F2NO2. The number of carboxylic acid groups (broad SMARTS) is 1. The number of aryl methyl sites for hydroxylation is 1. The monoisotopic (exact) mass is 229 g/mol. The molecule has 0 radical (unpaired) electrons. The van der Waals surface area contributed by atoms with Gasteiger partial charge < -0.3 is 10.0 Å². The first-order valence-electron chi connectivity index (χ1n) is 4.75. The van der Waals surface area contributed by atoms with Crippen molar-refractivity contribution in [2.75, 3.05) is 18.5 Å². The molecule has 0 atom stereocenters. The van der Waals surface area contributed by atoms with E-state index in [1.54, 1.807) is 20.0 Å². The Morgan fingerprint density at radius 3 is 2.56 bits per heavy atom. The minimum atomic E-state index is -2.41. The molecule has 0 aliphatic rings. The summed E-state index contributed by atoms with van der Waals surface area (Å²) >= 11 is 0. The van der Waals surface area contributed by atoms with Gasteiger partial charge >= 0.3 is 5.97 Å². The third-order valence-electron chi connectivity index (χ3n) is 2.29. The molecule has 0 aliphatic heterocycles. The van der Waals surface area contributed by atoms with Crippen LogP contribution in [-0.2, 0) is 0 Å². The Kier molecular flexibility index (Phi) is 3.82. The van der Waals surface area contributed by atoms with Crippen molar-refractivity contribution in [2.24, 2.45) is 0 Å². The van der Waals surface area contributed by atoms with E-state index >= 15 is 0 Å². The van der Waals surface area contributed by atoms with Crippen LogP contribution in [-0.4, -0.2) is 31.1 Å². The summed E-state index contributed by atoms with van der Waals surface area (Å²) in [7, 11) is 1.54. The molecule has 88 valence electrons. The molecule has 0 amide bonds.